The molecule has 9 heteroatoms. The zero-order chi connectivity index (χ0) is 18.8. The molecular weight excluding hydrogens is 350 g/mol. The van der Waals surface area contributed by atoms with Crippen LogP contribution < -0.4 is 14.8 Å². The molecule has 0 saturated carbocycles. The summed E-state index contributed by atoms with van der Waals surface area (Å²) in [6.07, 6.45) is 4.54. The van der Waals surface area contributed by atoms with Crippen LogP contribution in [0.3, 0.4) is 0 Å². The van der Waals surface area contributed by atoms with Gasteiger partial charge in [0.15, 0.2) is 17.0 Å². The Morgan fingerprint density at radius 2 is 2.11 bits per heavy atom. The van der Waals surface area contributed by atoms with E-state index in [0.717, 1.165) is 19.3 Å². The number of aromatic hydroxyl groups is 1. The topological polar surface area (TPSA) is 104 Å². The molecule has 0 bridgehead atoms. The second-order valence-corrected chi connectivity index (χ2v) is 6.21. The zero-order valence-electron chi connectivity index (χ0n) is 15.2. The Bertz CT molecular complexity index is 952. The third-order valence-corrected chi connectivity index (χ3v) is 4.54. The Hall–Kier alpha value is -3.07. The van der Waals surface area contributed by atoms with E-state index in [1.165, 1.54) is 0 Å². The average Bonchev–Trinajstić information content (AvgIpc) is 3.12. The molecule has 0 amide bonds. The van der Waals surface area contributed by atoms with E-state index in [1.54, 1.807) is 32.7 Å². The van der Waals surface area contributed by atoms with Crippen molar-refractivity contribution in [3.63, 3.8) is 0 Å². The maximum atomic E-state index is 10.0. The smallest absolute Gasteiger partial charge is 0.318 e. The summed E-state index contributed by atoms with van der Waals surface area (Å²) in [4.78, 5) is 12.7. The molecule has 0 radical (unpaired) electrons. The summed E-state index contributed by atoms with van der Waals surface area (Å²) in [6.45, 7) is 0.704. The summed E-state index contributed by atoms with van der Waals surface area (Å²) >= 11 is 0. The lowest BCUT2D eigenvalue weighted by Gasteiger charge is -2.23. The molecule has 9 nitrogen and oxygen atoms in total. The largest absolute Gasteiger partial charge is 0.497 e. The van der Waals surface area contributed by atoms with E-state index in [1.807, 2.05) is 10.6 Å². The predicted octanol–water partition coefficient (Wildman–Crippen LogP) is 2.99. The number of methoxy groups -OCH3 is 2. The van der Waals surface area contributed by atoms with Crippen molar-refractivity contribution < 1.29 is 19.3 Å². The molecule has 1 aliphatic heterocycles. The predicted molar refractivity (Wildman–Crippen MR) is 98.7 cm³/mol. The Balaban J connectivity index is 1.73. The van der Waals surface area contributed by atoms with Crippen molar-refractivity contribution in [2.24, 2.45) is 0 Å². The van der Waals surface area contributed by atoms with Crippen LogP contribution in [0.15, 0.2) is 24.5 Å². The van der Waals surface area contributed by atoms with Gasteiger partial charge in [0.05, 0.1) is 26.2 Å². The van der Waals surface area contributed by atoms with Gasteiger partial charge in [0, 0.05) is 12.7 Å². The number of hydrogen-bond donors (Lipinski definition) is 2. The molecule has 3 heterocycles. The van der Waals surface area contributed by atoms with Crippen molar-refractivity contribution in [2.45, 2.75) is 25.5 Å². The Morgan fingerprint density at radius 3 is 2.85 bits per heavy atom. The zero-order valence-corrected chi connectivity index (χ0v) is 15.2. The van der Waals surface area contributed by atoms with Gasteiger partial charge in [0.2, 0.25) is 0 Å². The van der Waals surface area contributed by atoms with Gasteiger partial charge in [-0.2, -0.15) is 9.97 Å². The van der Waals surface area contributed by atoms with Gasteiger partial charge in [0.25, 0.3) is 0 Å². The number of aromatic nitrogens is 4. The summed E-state index contributed by atoms with van der Waals surface area (Å²) in [5.41, 5.74) is 1.73. The SMILES string of the molecule is COc1ccc(Nc2nc(O)nc3c2ncn3C2CCCCO2)c(OC)c1. The first kappa shape index (κ1) is 17.3. The van der Waals surface area contributed by atoms with Crippen LogP contribution >= 0.6 is 0 Å². The summed E-state index contributed by atoms with van der Waals surface area (Å²) in [5.74, 6) is 1.64. The van der Waals surface area contributed by atoms with Crippen LogP contribution in [-0.4, -0.2) is 45.5 Å². The monoisotopic (exact) mass is 371 g/mol. The highest BCUT2D eigenvalue weighted by atomic mass is 16.5. The Labute approximate surface area is 155 Å². The third-order valence-electron chi connectivity index (χ3n) is 4.54. The minimum atomic E-state index is -0.338. The first-order valence-electron chi connectivity index (χ1n) is 8.74. The number of fused-ring (bicyclic) bond motifs is 1. The highest BCUT2D eigenvalue weighted by Gasteiger charge is 2.21. The van der Waals surface area contributed by atoms with Crippen LogP contribution in [0.25, 0.3) is 11.2 Å². The second kappa shape index (κ2) is 7.28. The summed E-state index contributed by atoms with van der Waals surface area (Å²) in [6, 6.07) is 5.03. The van der Waals surface area contributed by atoms with Gasteiger partial charge in [-0.05, 0) is 31.4 Å². The number of anilines is 2. The highest BCUT2D eigenvalue weighted by Crippen LogP contribution is 2.34. The molecule has 1 atom stereocenters. The van der Waals surface area contributed by atoms with Gasteiger partial charge in [0.1, 0.15) is 17.7 Å². The maximum Gasteiger partial charge on any atom is 0.318 e. The third kappa shape index (κ3) is 3.33. The number of ether oxygens (including phenoxy) is 3. The standard InChI is InChI=1S/C18H21N5O4/c1-25-11-6-7-12(13(9-11)26-2)20-16-15-17(22-18(24)21-16)23(10-19-15)14-5-3-4-8-27-14/h6-7,9-10,14H,3-5,8H2,1-2H3,(H2,20,21,22,24). The molecule has 0 aliphatic carbocycles. The van der Waals surface area contributed by atoms with Crippen molar-refractivity contribution in [3.05, 3.63) is 24.5 Å². The van der Waals surface area contributed by atoms with Crippen LogP contribution in [0.1, 0.15) is 25.5 Å². The lowest BCUT2D eigenvalue weighted by atomic mass is 10.2. The van der Waals surface area contributed by atoms with Crippen LogP contribution in [0.5, 0.6) is 17.5 Å². The molecule has 1 aromatic carbocycles. The van der Waals surface area contributed by atoms with Gasteiger partial charge in [-0.25, -0.2) is 4.98 Å². The Kier molecular flexibility index (Phi) is 4.68. The van der Waals surface area contributed by atoms with Crippen LogP contribution in [-0.2, 0) is 4.74 Å². The molecule has 0 spiro atoms. The van der Waals surface area contributed by atoms with Gasteiger partial charge >= 0.3 is 6.01 Å². The molecular formula is C18H21N5O4. The fourth-order valence-corrected chi connectivity index (χ4v) is 3.18. The summed E-state index contributed by atoms with van der Waals surface area (Å²) in [5, 5.41) is 13.2. The quantitative estimate of drug-likeness (QED) is 0.705. The summed E-state index contributed by atoms with van der Waals surface area (Å²) in [7, 11) is 3.16. The van der Waals surface area contributed by atoms with Crippen LogP contribution in [0.2, 0.25) is 0 Å². The highest BCUT2D eigenvalue weighted by molar-refractivity contribution is 5.86. The van der Waals surface area contributed by atoms with Gasteiger partial charge in [-0.1, -0.05) is 0 Å². The number of hydrogen-bond acceptors (Lipinski definition) is 8. The van der Waals surface area contributed by atoms with Crippen molar-refractivity contribution in [1.82, 2.24) is 19.5 Å². The van der Waals surface area contributed by atoms with E-state index < -0.39 is 0 Å². The van der Waals surface area contributed by atoms with E-state index in [0.29, 0.717) is 40.8 Å². The number of benzene rings is 1. The average molecular weight is 371 g/mol. The normalized spacial score (nSPS) is 17.0. The van der Waals surface area contributed by atoms with E-state index >= 15 is 0 Å². The molecule has 3 aromatic rings. The van der Waals surface area contributed by atoms with Gasteiger partial charge in [-0.15, -0.1) is 0 Å². The van der Waals surface area contributed by atoms with Crippen molar-refractivity contribution in [2.75, 3.05) is 26.1 Å². The van der Waals surface area contributed by atoms with Crippen LogP contribution in [0.4, 0.5) is 11.5 Å². The lowest BCUT2D eigenvalue weighted by Crippen LogP contribution is -2.17. The van der Waals surface area contributed by atoms with E-state index in [9.17, 15) is 5.11 Å². The Morgan fingerprint density at radius 1 is 1.22 bits per heavy atom. The number of rotatable bonds is 5. The maximum absolute atomic E-state index is 10.0. The molecule has 142 valence electrons. The fourth-order valence-electron chi connectivity index (χ4n) is 3.18. The van der Waals surface area contributed by atoms with Gasteiger partial charge < -0.3 is 24.6 Å². The molecule has 2 aromatic heterocycles. The van der Waals surface area contributed by atoms with Crippen molar-refractivity contribution in [1.29, 1.82) is 0 Å². The fraction of sp³-hybridized carbons (Fsp3) is 0.389. The molecule has 1 fully saturated rings. The number of nitrogens with one attached hydrogen (secondary N) is 1. The molecule has 2 N–H and O–H groups in total. The van der Waals surface area contributed by atoms with Crippen LogP contribution in [0, 0.1) is 0 Å². The molecule has 4 rings (SSSR count). The van der Waals surface area contributed by atoms with Crippen molar-refractivity contribution >= 4 is 22.7 Å². The lowest BCUT2D eigenvalue weighted by molar-refractivity contribution is -0.0298. The van der Waals surface area contributed by atoms with E-state index in [4.69, 9.17) is 14.2 Å². The molecule has 27 heavy (non-hydrogen) atoms. The number of imidazole rings is 1. The minimum Gasteiger partial charge on any atom is -0.497 e. The number of nitrogens with zero attached hydrogens (tertiary/aromatic N) is 4. The van der Waals surface area contributed by atoms with E-state index in [2.05, 4.69) is 20.3 Å². The first-order chi connectivity index (χ1) is 13.2. The molecule has 1 saturated heterocycles. The molecule has 1 unspecified atom stereocenters. The van der Waals surface area contributed by atoms with E-state index in [-0.39, 0.29) is 12.2 Å². The second-order valence-electron chi connectivity index (χ2n) is 6.21. The van der Waals surface area contributed by atoms with Gasteiger partial charge in [-0.3, -0.25) is 4.57 Å². The summed E-state index contributed by atoms with van der Waals surface area (Å²) < 4.78 is 18.3. The first-order valence-corrected chi connectivity index (χ1v) is 8.74. The minimum absolute atomic E-state index is 0.138. The van der Waals surface area contributed by atoms with Crippen molar-refractivity contribution in [3.8, 4) is 17.5 Å². The molecule has 1 aliphatic rings.